The van der Waals surface area contributed by atoms with Crippen molar-refractivity contribution in [3.8, 4) is 5.75 Å². The van der Waals surface area contributed by atoms with Gasteiger partial charge in [-0.05, 0) is 55.5 Å². The summed E-state index contributed by atoms with van der Waals surface area (Å²) in [4.78, 5) is 29.1. The predicted octanol–water partition coefficient (Wildman–Crippen LogP) is 5.11. The number of ether oxygens (including phenoxy) is 1. The molecule has 2 amide bonds. The van der Waals surface area contributed by atoms with E-state index in [0.29, 0.717) is 31.0 Å². The second-order valence-corrected chi connectivity index (χ2v) is 12.2. The van der Waals surface area contributed by atoms with Crippen molar-refractivity contribution >= 4 is 27.5 Å². The minimum Gasteiger partial charge on any atom is -0.492 e. The number of hydrogen-bond acceptors (Lipinski definition) is 5. The zero-order chi connectivity index (χ0) is 30.5. The monoisotopic (exact) mass is 593 g/mol. The highest BCUT2D eigenvalue weighted by molar-refractivity contribution is 7.92. The molecule has 0 bridgehead atoms. The van der Waals surface area contributed by atoms with Crippen molar-refractivity contribution in [1.82, 2.24) is 10.2 Å². The minimum atomic E-state index is -3.65. The number of rotatable bonds is 16. The van der Waals surface area contributed by atoms with Gasteiger partial charge in [0.1, 0.15) is 11.8 Å². The summed E-state index contributed by atoms with van der Waals surface area (Å²) in [5.74, 6) is 0.0527. The molecule has 0 heterocycles. The summed E-state index contributed by atoms with van der Waals surface area (Å²) in [5, 5.41) is 2.99. The molecular weight excluding hydrogens is 550 g/mol. The van der Waals surface area contributed by atoms with Crippen LogP contribution in [0.4, 0.5) is 5.69 Å². The normalized spacial score (nSPS) is 11.9. The Bertz CT molecular complexity index is 1410. The Hall–Kier alpha value is -3.85. The number of aryl methyl sites for hydroxylation is 1. The van der Waals surface area contributed by atoms with Crippen molar-refractivity contribution in [2.75, 3.05) is 30.3 Å². The Morgan fingerprint density at radius 2 is 1.60 bits per heavy atom. The SMILES string of the molecule is CCCNC(=O)[C@@H](Cc1ccccc1)N(Cc1ccccc1C)C(=O)CCCN(c1ccccc1OCC)S(C)(=O)=O. The molecule has 9 heteroatoms. The number of carbonyl (C=O) groups is 2. The van der Waals surface area contributed by atoms with E-state index in [0.717, 1.165) is 29.4 Å². The third kappa shape index (κ3) is 9.34. The zero-order valence-corrected chi connectivity index (χ0v) is 25.9. The van der Waals surface area contributed by atoms with E-state index in [4.69, 9.17) is 4.74 Å². The Kier molecular flexibility index (Phi) is 12.4. The van der Waals surface area contributed by atoms with Crippen LogP contribution in [0.2, 0.25) is 0 Å². The number of benzene rings is 3. The highest BCUT2D eigenvalue weighted by Crippen LogP contribution is 2.30. The van der Waals surface area contributed by atoms with Crippen molar-refractivity contribution < 1.29 is 22.7 Å². The van der Waals surface area contributed by atoms with Gasteiger partial charge in [0.15, 0.2) is 0 Å². The highest BCUT2D eigenvalue weighted by atomic mass is 32.2. The van der Waals surface area contributed by atoms with Crippen molar-refractivity contribution in [1.29, 1.82) is 0 Å². The molecule has 0 fully saturated rings. The van der Waals surface area contributed by atoms with Crippen LogP contribution in [0.5, 0.6) is 5.75 Å². The van der Waals surface area contributed by atoms with Crippen LogP contribution in [0, 0.1) is 6.92 Å². The van der Waals surface area contributed by atoms with E-state index in [1.165, 1.54) is 4.31 Å². The molecule has 0 aliphatic heterocycles. The third-order valence-electron chi connectivity index (χ3n) is 7.01. The van der Waals surface area contributed by atoms with Gasteiger partial charge in [-0.2, -0.15) is 0 Å². The standard InChI is InChI=1S/C33H43N3O5S/c1-5-22-34-33(38)30(24-27-16-8-7-9-17-27)35(25-28-18-11-10-15-26(28)3)32(37)21-14-23-36(42(4,39)40)29-19-12-13-20-31(29)41-6-2/h7-13,15-20,30H,5-6,14,21-25H2,1-4H3,(H,34,38)/t30-/m1/s1. The van der Waals surface area contributed by atoms with Crippen molar-refractivity contribution in [2.45, 2.75) is 59.0 Å². The molecule has 3 aromatic carbocycles. The van der Waals surface area contributed by atoms with Crippen LogP contribution in [-0.4, -0.2) is 57.1 Å². The molecular formula is C33H43N3O5S. The average molecular weight is 594 g/mol. The molecule has 0 spiro atoms. The number of hydrogen-bond donors (Lipinski definition) is 1. The maximum Gasteiger partial charge on any atom is 0.243 e. The molecule has 0 aromatic heterocycles. The van der Waals surface area contributed by atoms with Crippen LogP contribution in [0.25, 0.3) is 0 Å². The van der Waals surface area contributed by atoms with Crippen LogP contribution in [-0.2, 0) is 32.6 Å². The number of anilines is 1. The molecule has 1 N–H and O–H groups in total. The summed E-state index contributed by atoms with van der Waals surface area (Å²) in [6.07, 6.45) is 2.63. The first kappa shape index (κ1) is 32.7. The average Bonchev–Trinajstić information content (AvgIpc) is 2.97. The number of nitrogens with one attached hydrogen (secondary N) is 1. The van der Waals surface area contributed by atoms with Gasteiger partial charge < -0.3 is 15.0 Å². The van der Waals surface area contributed by atoms with Gasteiger partial charge in [0.2, 0.25) is 21.8 Å². The van der Waals surface area contributed by atoms with E-state index in [-0.39, 0.29) is 37.7 Å². The molecule has 0 unspecified atom stereocenters. The number of carbonyl (C=O) groups excluding carboxylic acids is 2. The lowest BCUT2D eigenvalue weighted by molar-refractivity contribution is -0.141. The van der Waals surface area contributed by atoms with E-state index in [1.54, 1.807) is 29.2 Å². The number of sulfonamides is 1. The van der Waals surface area contributed by atoms with E-state index in [9.17, 15) is 18.0 Å². The number of nitrogens with zero attached hydrogens (tertiary/aromatic N) is 2. The topological polar surface area (TPSA) is 96.0 Å². The van der Waals surface area contributed by atoms with E-state index >= 15 is 0 Å². The molecule has 0 aliphatic carbocycles. The summed E-state index contributed by atoms with van der Waals surface area (Å²) >= 11 is 0. The van der Waals surface area contributed by atoms with Crippen molar-refractivity contribution in [3.05, 3.63) is 95.6 Å². The number of para-hydroxylation sites is 2. The van der Waals surface area contributed by atoms with Gasteiger partial charge in [-0.25, -0.2) is 8.42 Å². The quantitative estimate of drug-likeness (QED) is 0.249. The molecule has 0 radical (unpaired) electrons. The molecule has 42 heavy (non-hydrogen) atoms. The zero-order valence-electron chi connectivity index (χ0n) is 25.1. The Balaban J connectivity index is 1.89. The van der Waals surface area contributed by atoms with E-state index in [1.807, 2.05) is 75.4 Å². The molecule has 3 rings (SSSR count). The summed E-state index contributed by atoms with van der Waals surface area (Å²) in [7, 11) is -3.65. The van der Waals surface area contributed by atoms with Gasteiger partial charge in [-0.1, -0.05) is 73.7 Å². The first-order chi connectivity index (χ1) is 20.2. The molecule has 226 valence electrons. The van der Waals surface area contributed by atoms with Gasteiger partial charge in [0.25, 0.3) is 0 Å². The minimum absolute atomic E-state index is 0.0705. The summed E-state index contributed by atoms with van der Waals surface area (Å²) in [6.45, 7) is 7.08. The van der Waals surface area contributed by atoms with Crippen molar-refractivity contribution in [3.63, 3.8) is 0 Å². The summed E-state index contributed by atoms with van der Waals surface area (Å²) < 4.78 is 32.6. The van der Waals surface area contributed by atoms with E-state index in [2.05, 4.69) is 5.32 Å². The maximum atomic E-state index is 14.0. The fraction of sp³-hybridized carbons (Fsp3) is 0.394. The number of amides is 2. The van der Waals surface area contributed by atoms with Gasteiger partial charge in [-0.3, -0.25) is 13.9 Å². The molecule has 8 nitrogen and oxygen atoms in total. The van der Waals surface area contributed by atoms with Crippen LogP contribution >= 0.6 is 0 Å². The second kappa shape index (κ2) is 16.0. The molecule has 0 saturated carbocycles. The largest absolute Gasteiger partial charge is 0.492 e. The van der Waals surface area contributed by atoms with Crippen molar-refractivity contribution in [2.24, 2.45) is 0 Å². The lowest BCUT2D eigenvalue weighted by atomic mass is 10.0. The van der Waals surface area contributed by atoms with Gasteiger partial charge in [0.05, 0.1) is 18.6 Å². The predicted molar refractivity (Wildman–Crippen MR) is 168 cm³/mol. The summed E-state index contributed by atoms with van der Waals surface area (Å²) in [6, 6.07) is 23.7. The van der Waals surface area contributed by atoms with Gasteiger partial charge >= 0.3 is 0 Å². The first-order valence-corrected chi connectivity index (χ1v) is 16.4. The molecule has 3 aromatic rings. The third-order valence-corrected chi connectivity index (χ3v) is 8.19. The van der Waals surface area contributed by atoms with Gasteiger partial charge in [-0.15, -0.1) is 0 Å². The fourth-order valence-electron chi connectivity index (χ4n) is 4.81. The Morgan fingerprint density at radius 1 is 0.929 bits per heavy atom. The smallest absolute Gasteiger partial charge is 0.243 e. The molecule has 0 aliphatic rings. The molecule has 0 saturated heterocycles. The second-order valence-electron chi connectivity index (χ2n) is 10.3. The maximum absolute atomic E-state index is 14.0. The van der Waals surface area contributed by atoms with Crippen LogP contribution in [0.3, 0.4) is 0 Å². The van der Waals surface area contributed by atoms with Crippen LogP contribution in [0.15, 0.2) is 78.9 Å². The van der Waals surface area contributed by atoms with Crippen LogP contribution in [0.1, 0.15) is 49.8 Å². The van der Waals surface area contributed by atoms with Crippen LogP contribution < -0.4 is 14.4 Å². The van der Waals surface area contributed by atoms with Gasteiger partial charge in [0, 0.05) is 32.5 Å². The first-order valence-electron chi connectivity index (χ1n) is 14.5. The lowest BCUT2D eigenvalue weighted by Crippen LogP contribution is -2.50. The highest BCUT2D eigenvalue weighted by Gasteiger charge is 2.31. The fourth-order valence-corrected chi connectivity index (χ4v) is 5.78. The molecule has 1 atom stereocenters. The Labute approximate surface area is 250 Å². The lowest BCUT2D eigenvalue weighted by Gasteiger charge is -2.32. The Morgan fingerprint density at radius 3 is 2.26 bits per heavy atom. The summed E-state index contributed by atoms with van der Waals surface area (Å²) in [5.41, 5.74) is 3.37. The van der Waals surface area contributed by atoms with E-state index < -0.39 is 16.1 Å².